The molecule has 0 bridgehead atoms. The molecule has 0 radical (unpaired) electrons. The van der Waals surface area contributed by atoms with Gasteiger partial charge in [-0.1, -0.05) is 6.07 Å². The minimum Gasteiger partial charge on any atom is -0.354 e. The summed E-state index contributed by atoms with van der Waals surface area (Å²) in [7, 11) is 0. The van der Waals surface area contributed by atoms with Gasteiger partial charge in [0, 0.05) is 38.3 Å². The van der Waals surface area contributed by atoms with Gasteiger partial charge in [0.25, 0.3) is 0 Å². The number of pyridine rings is 1. The maximum Gasteiger partial charge on any atom is 0.350 e. The van der Waals surface area contributed by atoms with Gasteiger partial charge in [0.15, 0.2) is 5.65 Å². The summed E-state index contributed by atoms with van der Waals surface area (Å²) in [5.41, 5.74) is 5.55. The molecule has 2 amide bonds. The largest absolute Gasteiger partial charge is 0.354 e. The Bertz CT molecular complexity index is 842. The van der Waals surface area contributed by atoms with E-state index in [9.17, 15) is 14.4 Å². The molecule has 1 aliphatic heterocycles. The Labute approximate surface area is 150 Å². The summed E-state index contributed by atoms with van der Waals surface area (Å²) in [6.45, 7) is 1.23. The first-order valence-electron chi connectivity index (χ1n) is 8.90. The van der Waals surface area contributed by atoms with Gasteiger partial charge in [0.05, 0.1) is 0 Å². The molecule has 3 N–H and O–H groups in total. The zero-order valence-corrected chi connectivity index (χ0v) is 14.6. The Kier molecular flexibility index (Phi) is 5.67. The van der Waals surface area contributed by atoms with Gasteiger partial charge in [-0.25, -0.2) is 9.48 Å². The van der Waals surface area contributed by atoms with E-state index in [1.54, 1.807) is 29.3 Å². The van der Waals surface area contributed by atoms with Crippen LogP contribution >= 0.6 is 0 Å². The monoisotopic (exact) mass is 360 g/mol. The molecule has 1 unspecified atom stereocenters. The van der Waals surface area contributed by atoms with Crippen molar-refractivity contribution in [2.24, 2.45) is 5.73 Å². The van der Waals surface area contributed by atoms with Crippen LogP contribution in [0.4, 0.5) is 0 Å². The normalized spacial score (nSPS) is 17.4. The quantitative estimate of drug-likeness (QED) is 0.710. The predicted molar refractivity (Wildman–Crippen MR) is 95.5 cm³/mol. The highest BCUT2D eigenvalue weighted by Gasteiger charge is 2.27. The molecule has 2 aromatic rings. The minimum absolute atomic E-state index is 0.0642. The van der Waals surface area contributed by atoms with Crippen LogP contribution in [0, 0.1) is 0 Å². The van der Waals surface area contributed by atoms with Gasteiger partial charge in [-0.3, -0.25) is 14.0 Å². The van der Waals surface area contributed by atoms with E-state index >= 15 is 0 Å². The van der Waals surface area contributed by atoms with Crippen molar-refractivity contribution in [1.82, 2.24) is 24.4 Å². The van der Waals surface area contributed by atoms with Crippen molar-refractivity contribution in [2.75, 3.05) is 19.6 Å². The van der Waals surface area contributed by atoms with E-state index < -0.39 is 0 Å². The van der Waals surface area contributed by atoms with Crippen molar-refractivity contribution in [1.29, 1.82) is 0 Å². The standard InChI is InChI=1S/C17H24N6O3/c18-8-7-15(24)19-11-13-5-1-3-9-21(13)16(25)12-23-17(26)22-10-4-2-6-14(22)20-23/h2,4,6,10,13H,1,3,5,7-9,11-12,18H2,(H,19,24). The van der Waals surface area contributed by atoms with Crippen LogP contribution < -0.4 is 16.7 Å². The Balaban J connectivity index is 1.68. The molecule has 0 saturated carbocycles. The number of nitrogens with two attached hydrogens (primary N) is 1. The molecule has 0 aliphatic carbocycles. The second kappa shape index (κ2) is 8.13. The number of nitrogens with one attached hydrogen (secondary N) is 1. The number of hydrogen-bond donors (Lipinski definition) is 2. The van der Waals surface area contributed by atoms with Crippen molar-refractivity contribution in [3.05, 3.63) is 34.9 Å². The summed E-state index contributed by atoms with van der Waals surface area (Å²) in [6, 6.07) is 5.19. The maximum atomic E-state index is 12.8. The lowest BCUT2D eigenvalue weighted by Crippen LogP contribution is -2.51. The fourth-order valence-corrected chi connectivity index (χ4v) is 3.28. The van der Waals surface area contributed by atoms with Gasteiger partial charge in [-0.15, -0.1) is 5.10 Å². The highest BCUT2D eigenvalue weighted by atomic mass is 16.2. The summed E-state index contributed by atoms with van der Waals surface area (Å²) in [5.74, 6) is -0.268. The Hall–Kier alpha value is -2.68. The van der Waals surface area contributed by atoms with E-state index in [2.05, 4.69) is 10.4 Å². The molecule has 1 atom stereocenters. The molecule has 1 aliphatic rings. The molecule has 1 saturated heterocycles. The molecule has 9 nitrogen and oxygen atoms in total. The molecule has 140 valence electrons. The van der Waals surface area contributed by atoms with Crippen molar-refractivity contribution in [2.45, 2.75) is 38.3 Å². The molecule has 3 heterocycles. The fourth-order valence-electron chi connectivity index (χ4n) is 3.28. The highest BCUT2D eigenvalue weighted by Crippen LogP contribution is 2.17. The summed E-state index contributed by atoms with van der Waals surface area (Å²) >= 11 is 0. The first kappa shape index (κ1) is 18.1. The lowest BCUT2D eigenvalue weighted by molar-refractivity contribution is -0.136. The molecule has 3 rings (SSSR count). The SMILES string of the molecule is NCCC(=O)NCC1CCCCN1C(=O)Cn1nc2ccccn2c1=O. The average molecular weight is 360 g/mol. The number of likely N-dealkylation sites (tertiary alicyclic amines) is 1. The maximum absolute atomic E-state index is 12.8. The van der Waals surface area contributed by atoms with Crippen molar-refractivity contribution < 1.29 is 9.59 Å². The zero-order valence-electron chi connectivity index (χ0n) is 14.6. The van der Waals surface area contributed by atoms with Gasteiger partial charge in [-0.05, 0) is 31.4 Å². The van der Waals surface area contributed by atoms with E-state index in [0.717, 1.165) is 19.3 Å². The first-order chi connectivity index (χ1) is 12.6. The van der Waals surface area contributed by atoms with E-state index in [1.807, 2.05) is 0 Å². The second-order valence-corrected chi connectivity index (χ2v) is 6.45. The van der Waals surface area contributed by atoms with Crippen LogP contribution in [-0.2, 0) is 16.1 Å². The summed E-state index contributed by atoms with van der Waals surface area (Å²) in [6.07, 6.45) is 4.66. The third-order valence-corrected chi connectivity index (χ3v) is 4.63. The lowest BCUT2D eigenvalue weighted by Gasteiger charge is -2.35. The Morgan fingerprint density at radius 1 is 1.31 bits per heavy atom. The molecule has 0 aromatic carbocycles. The first-order valence-corrected chi connectivity index (χ1v) is 8.90. The van der Waals surface area contributed by atoms with Gasteiger partial charge in [0.2, 0.25) is 11.8 Å². The highest BCUT2D eigenvalue weighted by molar-refractivity contribution is 5.77. The zero-order chi connectivity index (χ0) is 18.5. The van der Waals surface area contributed by atoms with E-state index in [1.165, 1.54) is 9.08 Å². The van der Waals surface area contributed by atoms with Crippen LogP contribution in [0.2, 0.25) is 0 Å². The lowest BCUT2D eigenvalue weighted by atomic mass is 10.0. The minimum atomic E-state index is -0.334. The van der Waals surface area contributed by atoms with Gasteiger partial charge >= 0.3 is 5.69 Å². The van der Waals surface area contributed by atoms with E-state index in [-0.39, 0.29) is 36.5 Å². The van der Waals surface area contributed by atoms with Crippen molar-refractivity contribution in [3.8, 4) is 0 Å². The third-order valence-electron chi connectivity index (χ3n) is 4.63. The Morgan fingerprint density at radius 3 is 2.92 bits per heavy atom. The number of rotatable bonds is 6. The average Bonchev–Trinajstić information content (AvgIpc) is 2.96. The van der Waals surface area contributed by atoms with Crippen molar-refractivity contribution >= 4 is 17.5 Å². The summed E-state index contributed by atoms with van der Waals surface area (Å²) in [5, 5.41) is 7.04. The molecule has 0 spiro atoms. The van der Waals surface area contributed by atoms with Crippen LogP contribution in [0.3, 0.4) is 0 Å². The molecule has 26 heavy (non-hydrogen) atoms. The molecule has 9 heteroatoms. The number of carbonyl (C=O) groups is 2. The number of fused-ring (bicyclic) bond motifs is 1. The molecular formula is C17H24N6O3. The van der Waals surface area contributed by atoms with Gasteiger partial charge < -0.3 is 16.0 Å². The predicted octanol–water partition coefficient (Wildman–Crippen LogP) is -0.658. The number of aromatic nitrogens is 3. The van der Waals surface area contributed by atoms with Crippen LogP contribution in [0.1, 0.15) is 25.7 Å². The van der Waals surface area contributed by atoms with E-state index in [4.69, 9.17) is 5.73 Å². The number of hydrogen-bond acceptors (Lipinski definition) is 5. The van der Waals surface area contributed by atoms with Crippen LogP contribution in [0.25, 0.3) is 5.65 Å². The topological polar surface area (TPSA) is 115 Å². The van der Waals surface area contributed by atoms with Gasteiger partial charge in [0.1, 0.15) is 6.54 Å². The fraction of sp³-hybridized carbons (Fsp3) is 0.529. The third kappa shape index (κ3) is 3.93. The number of piperidine rings is 1. The van der Waals surface area contributed by atoms with Crippen LogP contribution in [-0.4, -0.2) is 56.6 Å². The van der Waals surface area contributed by atoms with Crippen molar-refractivity contribution in [3.63, 3.8) is 0 Å². The summed E-state index contributed by atoms with van der Waals surface area (Å²) in [4.78, 5) is 38.5. The number of nitrogens with zero attached hydrogens (tertiary/aromatic N) is 4. The molecule has 1 fully saturated rings. The summed E-state index contributed by atoms with van der Waals surface area (Å²) < 4.78 is 2.60. The van der Waals surface area contributed by atoms with Gasteiger partial charge in [-0.2, -0.15) is 0 Å². The molecular weight excluding hydrogens is 336 g/mol. The number of carbonyl (C=O) groups excluding carboxylic acids is 2. The number of amides is 2. The smallest absolute Gasteiger partial charge is 0.350 e. The van der Waals surface area contributed by atoms with Crippen LogP contribution in [0.5, 0.6) is 0 Å². The molecule has 2 aromatic heterocycles. The second-order valence-electron chi connectivity index (χ2n) is 6.45. The Morgan fingerprint density at radius 2 is 2.15 bits per heavy atom. The van der Waals surface area contributed by atoms with Crippen LogP contribution in [0.15, 0.2) is 29.2 Å². The van der Waals surface area contributed by atoms with E-state index in [0.29, 0.717) is 25.3 Å².